The zero-order valence-electron chi connectivity index (χ0n) is 19.5. The maximum Gasteiger partial charge on any atom is 0.340 e. The molecule has 36 heavy (non-hydrogen) atoms. The molecule has 7 nitrogen and oxygen atoms in total. The Morgan fingerprint density at radius 3 is 2.39 bits per heavy atom. The van der Waals surface area contributed by atoms with Crippen molar-refractivity contribution in [2.45, 2.75) is 13.3 Å². The number of ether oxygens (including phenoxy) is 1. The van der Waals surface area contributed by atoms with E-state index >= 15 is 0 Å². The number of nitrogens with zero attached hydrogens (tertiary/aromatic N) is 2. The second-order valence-electron chi connectivity index (χ2n) is 8.41. The first-order chi connectivity index (χ1) is 17.5. The smallest absolute Gasteiger partial charge is 0.340 e. The first-order valence-electron chi connectivity index (χ1n) is 11.5. The van der Waals surface area contributed by atoms with Crippen molar-refractivity contribution in [2.75, 3.05) is 6.61 Å². The molecule has 0 radical (unpaired) electrons. The van der Waals surface area contributed by atoms with Gasteiger partial charge in [0.25, 0.3) is 5.69 Å². The zero-order chi connectivity index (χ0) is 25.2. The quantitative estimate of drug-likeness (QED) is 0.124. The van der Waals surface area contributed by atoms with Crippen LogP contribution in [-0.4, -0.2) is 27.7 Å². The maximum absolute atomic E-state index is 13.7. The van der Waals surface area contributed by atoms with Crippen molar-refractivity contribution in [3.63, 3.8) is 0 Å². The predicted octanol–water partition coefficient (Wildman–Crippen LogP) is 6.00. The number of nitro benzene ring substituents is 1. The Hall–Kier alpha value is -4.78. The molecule has 0 spiro atoms. The number of esters is 1. The van der Waals surface area contributed by atoms with E-state index in [1.807, 2.05) is 48.5 Å². The van der Waals surface area contributed by atoms with E-state index in [1.165, 1.54) is 12.1 Å². The number of benzene rings is 3. The van der Waals surface area contributed by atoms with Crippen LogP contribution < -0.4 is 0 Å². The van der Waals surface area contributed by atoms with Crippen LogP contribution >= 0.6 is 0 Å². The monoisotopic (exact) mass is 478 g/mol. The molecule has 0 unspecified atom stereocenters. The van der Waals surface area contributed by atoms with Gasteiger partial charge in [-0.15, -0.1) is 0 Å². The second kappa shape index (κ2) is 9.46. The van der Waals surface area contributed by atoms with Crippen LogP contribution in [0.1, 0.15) is 44.5 Å². The van der Waals surface area contributed by atoms with Gasteiger partial charge in [0.1, 0.15) is 0 Å². The molecule has 2 heterocycles. The normalized spacial score (nSPS) is 11.0. The Bertz CT molecular complexity index is 1630. The largest absolute Gasteiger partial charge is 0.462 e. The highest BCUT2D eigenvalue weighted by Crippen LogP contribution is 2.26. The number of nitro groups is 1. The molecule has 0 fully saturated rings. The van der Waals surface area contributed by atoms with E-state index in [9.17, 15) is 19.7 Å². The molecule has 178 valence electrons. The van der Waals surface area contributed by atoms with Crippen LogP contribution in [-0.2, 0) is 11.2 Å². The summed E-state index contributed by atoms with van der Waals surface area (Å²) >= 11 is 0. The molecule has 5 rings (SSSR count). The molecule has 3 aromatic carbocycles. The summed E-state index contributed by atoms with van der Waals surface area (Å²) in [6.45, 7) is 1.95. The lowest BCUT2D eigenvalue weighted by molar-refractivity contribution is -0.384. The number of hydrogen-bond acceptors (Lipinski definition) is 5. The second-order valence-corrected chi connectivity index (χ2v) is 8.41. The van der Waals surface area contributed by atoms with Gasteiger partial charge in [0, 0.05) is 23.9 Å². The van der Waals surface area contributed by atoms with Crippen molar-refractivity contribution >= 4 is 33.7 Å². The van der Waals surface area contributed by atoms with E-state index in [4.69, 9.17) is 4.74 Å². The lowest BCUT2D eigenvalue weighted by Crippen LogP contribution is -2.06. The predicted molar refractivity (Wildman–Crippen MR) is 137 cm³/mol. The summed E-state index contributed by atoms with van der Waals surface area (Å²) in [4.78, 5) is 37.0. The Morgan fingerprint density at radius 2 is 1.64 bits per heavy atom. The molecule has 0 aliphatic carbocycles. The van der Waals surface area contributed by atoms with Gasteiger partial charge in [0.2, 0.25) is 5.78 Å². The van der Waals surface area contributed by atoms with Gasteiger partial charge >= 0.3 is 5.97 Å². The Morgan fingerprint density at radius 1 is 0.889 bits per heavy atom. The van der Waals surface area contributed by atoms with Crippen molar-refractivity contribution in [3.8, 4) is 0 Å². The highest BCUT2D eigenvalue weighted by Gasteiger charge is 2.23. The number of aromatic nitrogens is 1. The average Bonchev–Trinajstić information content (AvgIpc) is 3.27. The minimum atomic E-state index is -0.501. The van der Waals surface area contributed by atoms with Crippen molar-refractivity contribution in [3.05, 3.63) is 129 Å². The average molecular weight is 479 g/mol. The van der Waals surface area contributed by atoms with Crippen molar-refractivity contribution < 1.29 is 19.2 Å². The van der Waals surface area contributed by atoms with Crippen LogP contribution in [0.25, 0.3) is 16.3 Å². The maximum atomic E-state index is 13.7. The summed E-state index contributed by atoms with van der Waals surface area (Å²) in [5.74, 6) is -0.695. The van der Waals surface area contributed by atoms with Crippen molar-refractivity contribution in [2.24, 2.45) is 0 Å². The highest BCUT2D eigenvalue weighted by molar-refractivity contribution is 6.17. The molecule has 0 saturated heterocycles. The first kappa shape index (κ1) is 23.0. The lowest BCUT2D eigenvalue weighted by atomic mass is 10.00. The minimum absolute atomic E-state index is 0.0296. The van der Waals surface area contributed by atoms with E-state index in [1.54, 1.807) is 41.8 Å². The molecule has 0 N–H and O–H groups in total. The fourth-order valence-electron chi connectivity index (χ4n) is 4.43. The van der Waals surface area contributed by atoms with E-state index in [2.05, 4.69) is 0 Å². The molecule has 7 heteroatoms. The number of pyridine rings is 1. The number of ketones is 1. The molecule has 0 bridgehead atoms. The van der Waals surface area contributed by atoms with Gasteiger partial charge in [-0.1, -0.05) is 54.6 Å². The van der Waals surface area contributed by atoms with Gasteiger partial charge in [-0.05, 0) is 53.4 Å². The topological polar surface area (TPSA) is 90.9 Å². The minimum Gasteiger partial charge on any atom is -0.462 e. The van der Waals surface area contributed by atoms with E-state index < -0.39 is 10.9 Å². The van der Waals surface area contributed by atoms with Crippen LogP contribution in [0.2, 0.25) is 0 Å². The molecular weight excluding hydrogens is 456 g/mol. The summed E-state index contributed by atoms with van der Waals surface area (Å²) in [7, 11) is 0. The third-order valence-electron chi connectivity index (χ3n) is 6.15. The van der Waals surface area contributed by atoms with Gasteiger partial charge in [-0.3, -0.25) is 14.9 Å². The van der Waals surface area contributed by atoms with Gasteiger partial charge in [0.15, 0.2) is 0 Å². The van der Waals surface area contributed by atoms with Crippen molar-refractivity contribution in [1.82, 2.24) is 4.40 Å². The van der Waals surface area contributed by atoms with Crippen LogP contribution in [0.5, 0.6) is 0 Å². The molecule has 0 amide bonds. The number of carbonyl (C=O) groups is 2. The first-order valence-corrected chi connectivity index (χ1v) is 11.5. The third-order valence-corrected chi connectivity index (χ3v) is 6.15. The number of fused-ring (bicyclic) bond motifs is 2. The fraction of sp³-hybridized carbons (Fsp3) is 0.103. The van der Waals surface area contributed by atoms with E-state index in [0.717, 1.165) is 21.9 Å². The summed E-state index contributed by atoms with van der Waals surface area (Å²) in [5.41, 5.74) is 3.61. The Balaban J connectivity index is 1.59. The van der Waals surface area contributed by atoms with Gasteiger partial charge in [-0.2, -0.15) is 0 Å². The standard InChI is InChI=1S/C29H22N2O5/c1-2-36-29(33)25-18-27(28(32)24-9-5-7-21-6-3-4-8-23(21)24)30-15-14-20(17-26(25)30)16-19-10-12-22(13-11-19)31(34)35/h3-15,17-18H,2,16H2,1H3. The van der Waals surface area contributed by atoms with Gasteiger partial charge in [-0.25, -0.2) is 4.79 Å². The summed E-state index contributed by atoms with van der Waals surface area (Å²) in [5, 5.41) is 12.7. The Kier molecular flexibility index (Phi) is 6.04. The number of non-ortho nitro benzene ring substituents is 1. The molecule has 0 atom stereocenters. The molecule has 0 aliphatic rings. The van der Waals surface area contributed by atoms with Crippen LogP contribution in [0, 0.1) is 10.1 Å². The van der Waals surface area contributed by atoms with Crippen molar-refractivity contribution in [1.29, 1.82) is 0 Å². The molecule has 2 aromatic heterocycles. The zero-order valence-corrected chi connectivity index (χ0v) is 19.5. The van der Waals surface area contributed by atoms with Crippen LogP contribution in [0.4, 0.5) is 5.69 Å². The van der Waals surface area contributed by atoms with E-state index in [-0.39, 0.29) is 18.1 Å². The summed E-state index contributed by atoms with van der Waals surface area (Å²) in [6.07, 6.45) is 2.28. The van der Waals surface area contributed by atoms with Crippen LogP contribution in [0.3, 0.4) is 0 Å². The number of carbonyl (C=O) groups excluding carboxylic acids is 2. The van der Waals surface area contributed by atoms with Crippen LogP contribution in [0.15, 0.2) is 91.1 Å². The fourth-order valence-corrected chi connectivity index (χ4v) is 4.43. The molecule has 0 aliphatic heterocycles. The van der Waals surface area contributed by atoms with E-state index in [0.29, 0.717) is 28.8 Å². The Labute approximate surface area is 206 Å². The highest BCUT2D eigenvalue weighted by atomic mass is 16.6. The number of hydrogen-bond donors (Lipinski definition) is 0. The molecule has 5 aromatic rings. The number of rotatable bonds is 7. The molecule has 0 saturated carbocycles. The third kappa shape index (κ3) is 4.22. The van der Waals surface area contributed by atoms with Gasteiger partial charge in [0.05, 0.1) is 28.3 Å². The lowest BCUT2D eigenvalue weighted by Gasteiger charge is -2.08. The SMILES string of the molecule is CCOC(=O)c1cc(C(=O)c2cccc3ccccc23)n2ccc(Cc3ccc([N+](=O)[O-])cc3)cc12. The summed E-state index contributed by atoms with van der Waals surface area (Å²) < 4.78 is 6.99. The molecular formula is C29H22N2O5. The van der Waals surface area contributed by atoms with Gasteiger partial charge < -0.3 is 9.14 Å². The summed E-state index contributed by atoms with van der Waals surface area (Å²) in [6, 6.07) is 25.0.